The van der Waals surface area contributed by atoms with E-state index in [0.29, 0.717) is 12.3 Å². The Bertz CT molecular complexity index is 231. The van der Waals surface area contributed by atoms with E-state index >= 15 is 0 Å². The lowest BCUT2D eigenvalue weighted by Crippen LogP contribution is -2.48. The van der Waals surface area contributed by atoms with E-state index in [2.05, 4.69) is 17.9 Å². The Morgan fingerprint density at radius 1 is 1.58 bits per heavy atom. The summed E-state index contributed by atoms with van der Waals surface area (Å²) in [5, 5.41) is 2.26. The SMILES string of the molecule is CCN1C(=O)NC(=O)C1(C)CS. The van der Waals surface area contributed by atoms with Crippen LogP contribution in [0.2, 0.25) is 0 Å². The molecule has 0 aromatic carbocycles. The Hall–Kier alpha value is -0.710. The fraction of sp³-hybridized carbons (Fsp3) is 0.714. The largest absolute Gasteiger partial charge is 0.325 e. The van der Waals surface area contributed by atoms with Gasteiger partial charge in [-0.2, -0.15) is 12.6 Å². The van der Waals surface area contributed by atoms with Crippen molar-refractivity contribution in [1.82, 2.24) is 10.2 Å². The highest BCUT2D eigenvalue weighted by Gasteiger charge is 2.47. The predicted molar refractivity (Wildman–Crippen MR) is 48.2 cm³/mol. The van der Waals surface area contributed by atoms with Gasteiger partial charge in [0.25, 0.3) is 5.91 Å². The molecule has 1 N–H and O–H groups in total. The van der Waals surface area contributed by atoms with Gasteiger partial charge in [0, 0.05) is 12.3 Å². The van der Waals surface area contributed by atoms with Gasteiger partial charge >= 0.3 is 6.03 Å². The van der Waals surface area contributed by atoms with Crippen molar-refractivity contribution in [3.8, 4) is 0 Å². The van der Waals surface area contributed by atoms with Gasteiger partial charge in [-0.3, -0.25) is 10.1 Å². The lowest BCUT2D eigenvalue weighted by Gasteiger charge is -2.28. The van der Waals surface area contributed by atoms with Crippen LogP contribution in [-0.2, 0) is 4.79 Å². The molecule has 0 saturated carbocycles. The smallest absolute Gasteiger partial charge is 0.309 e. The lowest BCUT2D eigenvalue weighted by atomic mass is 10.0. The van der Waals surface area contributed by atoms with Crippen molar-refractivity contribution in [2.75, 3.05) is 12.3 Å². The average molecular weight is 188 g/mol. The molecule has 1 atom stereocenters. The number of carbonyl (C=O) groups is 2. The van der Waals surface area contributed by atoms with Crippen LogP contribution in [-0.4, -0.2) is 34.7 Å². The summed E-state index contributed by atoms with van der Waals surface area (Å²) >= 11 is 4.06. The van der Waals surface area contributed by atoms with Crippen molar-refractivity contribution in [2.45, 2.75) is 19.4 Å². The molecule has 3 amide bonds. The number of carbonyl (C=O) groups excluding carboxylic acids is 2. The summed E-state index contributed by atoms with van der Waals surface area (Å²) in [5.41, 5.74) is -0.769. The number of hydrogen-bond acceptors (Lipinski definition) is 3. The van der Waals surface area contributed by atoms with Crippen LogP contribution < -0.4 is 5.32 Å². The number of imide groups is 1. The third-order valence-corrected chi connectivity index (χ3v) is 2.79. The molecule has 0 aromatic heterocycles. The molecule has 0 aromatic rings. The maximum atomic E-state index is 11.3. The summed E-state index contributed by atoms with van der Waals surface area (Å²) in [6, 6.07) is -0.320. The molecule has 0 spiro atoms. The molecule has 12 heavy (non-hydrogen) atoms. The van der Waals surface area contributed by atoms with E-state index < -0.39 is 5.54 Å². The Balaban J connectivity index is 2.97. The van der Waals surface area contributed by atoms with E-state index in [1.165, 1.54) is 4.90 Å². The topological polar surface area (TPSA) is 49.4 Å². The maximum absolute atomic E-state index is 11.3. The van der Waals surface area contributed by atoms with Gasteiger partial charge in [-0.15, -0.1) is 0 Å². The molecule has 0 aliphatic carbocycles. The van der Waals surface area contributed by atoms with Gasteiger partial charge in [-0.05, 0) is 13.8 Å². The van der Waals surface area contributed by atoms with Crippen molar-refractivity contribution >= 4 is 24.6 Å². The van der Waals surface area contributed by atoms with Gasteiger partial charge in [0.05, 0.1) is 0 Å². The molecule has 1 aliphatic rings. The second kappa shape index (κ2) is 2.97. The molecule has 1 saturated heterocycles. The molecule has 68 valence electrons. The van der Waals surface area contributed by atoms with E-state index in [4.69, 9.17) is 0 Å². The van der Waals surface area contributed by atoms with Gasteiger partial charge in [-0.25, -0.2) is 4.79 Å². The number of thiol groups is 1. The number of urea groups is 1. The fourth-order valence-corrected chi connectivity index (χ4v) is 1.61. The number of amides is 3. The van der Waals surface area contributed by atoms with Crippen molar-refractivity contribution in [1.29, 1.82) is 0 Å². The van der Waals surface area contributed by atoms with Crippen LogP contribution in [0.3, 0.4) is 0 Å². The number of hydrogen-bond donors (Lipinski definition) is 2. The zero-order chi connectivity index (χ0) is 9.35. The Labute approximate surface area is 76.7 Å². The van der Waals surface area contributed by atoms with Crippen molar-refractivity contribution in [2.24, 2.45) is 0 Å². The summed E-state index contributed by atoms with van der Waals surface area (Å²) in [7, 11) is 0. The number of nitrogens with one attached hydrogen (secondary N) is 1. The molecule has 1 fully saturated rings. The second-order valence-electron chi connectivity index (χ2n) is 2.94. The summed E-state index contributed by atoms with van der Waals surface area (Å²) in [6.45, 7) is 4.07. The molecule has 1 heterocycles. The van der Waals surface area contributed by atoms with Gasteiger partial charge in [0.15, 0.2) is 0 Å². The second-order valence-corrected chi connectivity index (χ2v) is 3.25. The molecule has 4 nitrogen and oxygen atoms in total. The number of nitrogens with zero attached hydrogens (tertiary/aromatic N) is 1. The van der Waals surface area contributed by atoms with Crippen molar-refractivity contribution in [3.63, 3.8) is 0 Å². The minimum atomic E-state index is -0.769. The normalized spacial score (nSPS) is 29.4. The van der Waals surface area contributed by atoms with E-state index in [1.807, 2.05) is 6.92 Å². The maximum Gasteiger partial charge on any atom is 0.325 e. The highest BCUT2D eigenvalue weighted by Crippen LogP contribution is 2.22. The molecule has 0 radical (unpaired) electrons. The van der Waals surface area contributed by atoms with Crippen LogP contribution in [0.5, 0.6) is 0 Å². The van der Waals surface area contributed by atoms with Crippen LogP contribution in [0, 0.1) is 0 Å². The third kappa shape index (κ3) is 1.08. The first-order chi connectivity index (χ1) is 5.56. The lowest BCUT2D eigenvalue weighted by molar-refractivity contribution is -0.124. The van der Waals surface area contributed by atoms with Gasteiger partial charge in [0.1, 0.15) is 5.54 Å². The minimum absolute atomic E-state index is 0.260. The summed E-state index contributed by atoms with van der Waals surface area (Å²) in [5.74, 6) is 0.0858. The highest BCUT2D eigenvalue weighted by molar-refractivity contribution is 7.80. The molecule has 1 unspecified atom stereocenters. The molecule has 1 rings (SSSR count). The highest BCUT2D eigenvalue weighted by atomic mass is 32.1. The minimum Gasteiger partial charge on any atom is -0.309 e. The Kier molecular flexibility index (Phi) is 2.32. The Morgan fingerprint density at radius 3 is 2.50 bits per heavy atom. The molecular formula is C7H12N2O2S. The van der Waals surface area contributed by atoms with E-state index in [-0.39, 0.29) is 11.9 Å². The average Bonchev–Trinajstić information content (AvgIpc) is 2.24. The first-order valence-corrected chi connectivity index (χ1v) is 4.43. The predicted octanol–water partition coefficient (Wildman–Crippen LogP) is 0.247. The first-order valence-electron chi connectivity index (χ1n) is 3.80. The van der Waals surface area contributed by atoms with Crippen LogP contribution in [0.4, 0.5) is 4.79 Å². The van der Waals surface area contributed by atoms with Gasteiger partial charge in [0.2, 0.25) is 0 Å². The number of likely N-dealkylation sites (N-methyl/N-ethyl adjacent to an activating group) is 1. The molecule has 5 heteroatoms. The van der Waals surface area contributed by atoms with Crippen molar-refractivity contribution < 1.29 is 9.59 Å². The monoisotopic (exact) mass is 188 g/mol. The van der Waals surface area contributed by atoms with E-state index in [1.54, 1.807) is 6.92 Å². The zero-order valence-electron chi connectivity index (χ0n) is 7.13. The van der Waals surface area contributed by atoms with E-state index in [9.17, 15) is 9.59 Å². The molecule has 0 bridgehead atoms. The molecular weight excluding hydrogens is 176 g/mol. The number of rotatable bonds is 2. The standard InChI is InChI=1S/C7H12N2O2S/c1-3-9-6(11)8-5(10)7(9,2)4-12/h12H,3-4H2,1-2H3,(H,8,10,11). The van der Waals surface area contributed by atoms with Crippen LogP contribution in [0.25, 0.3) is 0 Å². The van der Waals surface area contributed by atoms with Gasteiger partial charge < -0.3 is 4.90 Å². The van der Waals surface area contributed by atoms with Gasteiger partial charge in [-0.1, -0.05) is 0 Å². The third-order valence-electron chi connectivity index (χ3n) is 2.17. The fourth-order valence-electron chi connectivity index (χ4n) is 1.30. The van der Waals surface area contributed by atoms with Crippen LogP contribution in [0.1, 0.15) is 13.8 Å². The van der Waals surface area contributed by atoms with Crippen LogP contribution >= 0.6 is 12.6 Å². The quantitative estimate of drug-likeness (QED) is 0.482. The molecule has 1 aliphatic heterocycles. The van der Waals surface area contributed by atoms with Crippen molar-refractivity contribution in [3.05, 3.63) is 0 Å². The summed E-state index contributed by atoms with van der Waals surface area (Å²) in [6.07, 6.45) is 0. The summed E-state index contributed by atoms with van der Waals surface area (Å²) < 4.78 is 0. The summed E-state index contributed by atoms with van der Waals surface area (Å²) in [4.78, 5) is 23.9. The van der Waals surface area contributed by atoms with Crippen LogP contribution in [0.15, 0.2) is 0 Å². The first kappa shape index (κ1) is 9.38. The Morgan fingerprint density at radius 2 is 2.17 bits per heavy atom. The zero-order valence-corrected chi connectivity index (χ0v) is 8.02. The van der Waals surface area contributed by atoms with E-state index in [0.717, 1.165) is 0 Å².